The highest BCUT2D eigenvalue weighted by atomic mass is 35.5. The number of aryl methyl sites for hydroxylation is 1. The number of esters is 1. The van der Waals surface area contributed by atoms with E-state index in [4.69, 9.17) is 22.1 Å². The van der Waals surface area contributed by atoms with Gasteiger partial charge in [0.25, 0.3) is 0 Å². The first-order valence-electron chi connectivity index (χ1n) is 5.77. The molecular weight excluding hydrogens is 266 g/mol. The second kappa shape index (κ2) is 5.75. The van der Waals surface area contributed by atoms with Crippen LogP contribution in [0.3, 0.4) is 0 Å². The summed E-state index contributed by atoms with van der Waals surface area (Å²) in [6, 6.07) is 6.57. The normalized spacial score (nSPS) is 10.4. The van der Waals surface area contributed by atoms with Crippen LogP contribution in [0.5, 0.6) is 0 Å². The lowest BCUT2D eigenvalue weighted by Gasteiger charge is -2.07. The number of ether oxygens (including phenoxy) is 1. The number of hydrogen-bond acceptors (Lipinski definition) is 4. The van der Waals surface area contributed by atoms with E-state index in [-0.39, 0.29) is 6.61 Å². The molecule has 2 rings (SSSR count). The third-order valence-corrected chi connectivity index (χ3v) is 2.98. The molecule has 5 nitrogen and oxygen atoms in total. The zero-order chi connectivity index (χ0) is 13.8. The van der Waals surface area contributed by atoms with Crippen molar-refractivity contribution in [3.8, 4) is 0 Å². The fraction of sp³-hybridized carbons (Fsp3) is 0.231. The molecule has 0 atom stereocenters. The van der Waals surface area contributed by atoms with Crippen molar-refractivity contribution >= 4 is 23.3 Å². The van der Waals surface area contributed by atoms with Crippen molar-refractivity contribution in [3.05, 3.63) is 46.7 Å². The highest BCUT2D eigenvalue weighted by Gasteiger charge is 2.11. The first-order chi connectivity index (χ1) is 9.08. The summed E-state index contributed by atoms with van der Waals surface area (Å²) in [5.41, 5.74) is 7.36. The maximum atomic E-state index is 11.8. The van der Waals surface area contributed by atoms with E-state index in [1.54, 1.807) is 23.0 Å². The average Bonchev–Trinajstić information content (AvgIpc) is 2.75. The molecule has 1 aromatic carbocycles. The van der Waals surface area contributed by atoms with E-state index in [1.807, 2.05) is 13.1 Å². The minimum atomic E-state index is -0.448. The monoisotopic (exact) mass is 279 g/mol. The standard InChI is InChI=1S/C13H14ClN3O2/c1-17-10(4-6-16-17)5-7-19-13(18)11-3-2-9(14)8-12(11)15/h2-4,6,8H,5,7,15H2,1H3. The maximum Gasteiger partial charge on any atom is 0.340 e. The number of carbonyl (C=O) groups excluding carboxylic acids is 1. The van der Waals surface area contributed by atoms with Crippen molar-refractivity contribution in [2.75, 3.05) is 12.3 Å². The van der Waals surface area contributed by atoms with E-state index < -0.39 is 5.97 Å². The average molecular weight is 280 g/mol. The zero-order valence-corrected chi connectivity index (χ0v) is 11.2. The number of nitrogen functional groups attached to an aromatic ring is 1. The van der Waals surface area contributed by atoms with E-state index >= 15 is 0 Å². The predicted octanol–water partition coefficient (Wildman–Crippen LogP) is 2.06. The molecule has 1 aromatic heterocycles. The molecule has 19 heavy (non-hydrogen) atoms. The summed E-state index contributed by atoms with van der Waals surface area (Å²) in [4.78, 5) is 11.8. The van der Waals surface area contributed by atoms with Crippen molar-refractivity contribution in [3.63, 3.8) is 0 Å². The van der Waals surface area contributed by atoms with Crippen LogP contribution in [-0.4, -0.2) is 22.4 Å². The smallest absolute Gasteiger partial charge is 0.340 e. The molecule has 0 bridgehead atoms. The van der Waals surface area contributed by atoms with Crippen LogP contribution < -0.4 is 5.73 Å². The van der Waals surface area contributed by atoms with E-state index in [0.717, 1.165) is 5.69 Å². The van der Waals surface area contributed by atoms with Crippen molar-refractivity contribution in [1.29, 1.82) is 0 Å². The van der Waals surface area contributed by atoms with Crippen molar-refractivity contribution < 1.29 is 9.53 Å². The van der Waals surface area contributed by atoms with Gasteiger partial charge in [-0.25, -0.2) is 4.79 Å². The van der Waals surface area contributed by atoms with Gasteiger partial charge < -0.3 is 10.5 Å². The summed E-state index contributed by atoms with van der Waals surface area (Å²) in [6.45, 7) is 0.278. The largest absolute Gasteiger partial charge is 0.462 e. The Morgan fingerprint density at radius 1 is 1.47 bits per heavy atom. The lowest BCUT2D eigenvalue weighted by atomic mass is 10.2. The summed E-state index contributed by atoms with van der Waals surface area (Å²) in [6.07, 6.45) is 2.31. The second-order valence-electron chi connectivity index (χ2n) is 4.06. The highest BCUT2D eigenvalue weighted by molar-refractivity contribution is 6.31. The first-order valence-corrected chi connectivity index (χ1v) is 6.15. The van der Waals surface area contributed by atoms with Crippen LogP contribution in [0.2, 0.25) is 5.02 Å². The number of aromatic nitrogens is 2. The highest BCUT2D eigenvalue weighted by Crippen LogP contribution is 2.18. The van der Waals surface area contributed by atoms with Gasteiger partial charge in [0.1, 0.15) is 0 Å². The van der Waals surface area contributed by atoms with Crippen LogP contribution in [0, 0.1) is 0 Å². The molecule has 6 heteroatoms. The number of anilines is 1. The molecular formula is C13H14ClN3O2. The Hall–Kier alpha value is -2.01. The summed E-state index contributed by atoms with van der Waals surface area (Å²) in [7, 11) is 1.84. The SMILES string of the molecule is Cn1nccc1CCOC(=O)c1ccc(Cl)cc1N. The zero-order valence-electron chi connectivity index (χ0n) is 10.5. The van der Waals surface area contributed by atoms with Crippen molar-refractivity contribution in [2.24, 2.45) is 7.05 Å². The minimum absolute atomic E-state index is 0.278. The Kier molecular flexibility index (Phi) is 4.06. The Labute approximate surface area is 115 Å². The van der Waals surface area contributed by atoms with Gasteiger partial charge in [0.05, 0.1) is 12.2 Å². The summed E-state index contributed by atoms with van der Waals surface area (Å²) < 4.78 is 6.91. The van der Waals surface area contributed by atoms with Gasteiger partial charge in [-0.15, -0.1) is 0 Å². The van der Waals surface area contributed by atoms with E-state index in [9.17, 15) is 4.79 Å². The van der Waals surface area contributed by atoms with E-state index in [0.29, 0.717) is 22.7 Å². The van der Waals surface area contributed by atoms with Gasteiger partial charge in [-0.05, 0) is 24.3 Å². The maximum absolute atomic E-state index is 11.8. The van der Waals surface area contributed by atoms with Crippen LogP contribution in [0.25, 0.3) is 0 Å². The molecule has 0 radical (unpaired) electrons. The third-order valence-electron chi connectivity index (χ3n) is 2.75. The fourth-order valence-corrected chi connectivity index (χ4v) is 1.87. The molecule has 2 aromatic rings. The summed E-state index contributed by atoms with van der Waals surface area (Å²) >= 11 is 5.77. The number of hydrogen-bond donors (Lipinski definition) is 1. The summed E-state index contributed by atoms with van der Waals surface area (Å²) in [5, 5.41) is 4.53. The molecule has 0 saturated carbocycles. The van der Waals surface area contributed by atoms with Crippen LogP contribution in [0.15, 0.2) is 30.5 Å². The van der Waals surface area contributed by atoms with E-state index in [2.05, 4.69) is 5.10 Å². The van der Waals surface area contributed by atoms with Gasteiger partial charge in [0.15, 0.2) is 0 Å². The molecule has 0 spiro atoms. The Morgan fingerprint density at radius 3 is 2.89 bits per heavy atom. The first kappa shape index (κ1) is 13.4. The second-order valence-corrected chi connectivity index (χ2v) is 4.50. The van der Waals surface area contributed by atoms with Crippen LogP contribution in [0.4, 0.5) is 5.69 Å². The van der Waals surface area contributed by atoms with Gasteiger partial charge in [-0.2, -0.15) is 5.10 Å². The third kappa shape index (κ3) is 3.26. The number of benzene rings is 1. The number of rotatable bonds is 4. The molecule has 0 aliphatic rings. The van der Waals surface area contributed by atoms with E-state index in [1.165, 1.54) is 6.07 Å². The molecule has 0 amide bonds. The Morgan fingerprint density at radius 2 is 2.26 bits per heavy atom. The van der Waals surface area contributed by atoms with Crippen LogP contribution in [0.1, 0.15) is 16.1 Å². The van der Waals surface area contributed by atoms with Crippen molar-refractivity contribution in [1.82, 2.24) is 9.78 Å². The van der Waals surface area contributed by atoms with Gasteiger partial charge >= 0.3 is 5.97 Å². The molecule has 0 unspecified atom stereocenters. The molecule has 0 saturated heterocycles. The Bertz CT molecular complexity index is 595. The lowest BCUT2D eigenvalue weighted by Crippen LogP contribution is -2.11. The number of nitrogens with two attached hydrogens (primary N) is 1. The Balaban J connectivity index is 1.93. The van der Waals surface area contributed by atoms with Crippen molar-refractivity contribution in [2.45, 2.75) is 6.42 Å². The fourth-order valence-electron chi connectivity index (χ4n) is 1.69. The molecule has 0 aliphatic heterocycles. The number of carbonyl (C=O) groups is 1. The van der Waals surface area contributed by atoms with Gasteiger partial charge in [-0.3, -0.25) is 4.68 Å². The topological polar surface area (TPSA) is 70.1 Å². The van der Waals surface area contributed by atoms with Gasteiger partial charge in [0.2, 0.25) is 0 Å². The molecule has 0 fully saturated rings. The number of halogens is 1. The number of nitrogens with zero attached hydrogens (tertiary/aromatic N) is 2. The van der Waals surface area contributed by atoms with Gasteiger partial charge in [-0.1, -0.05) is 11.6 Å². The molecule has 1 heterocycles. The molecule has 100 valence electrons. The lowest BCUT2D eigenvalue weighted by molar-refractivity contribution is 0.0509. The molecule has 0 aliphatic carbocycles. The molecule has 2 N–H and O–H groups in total. The predicted molar refractivity (Wildman–Crippen MR) is 73.1 cm³/mol. The quantitative estimate of drug-likeness (QED) is 0.687. The van der Waals surface area contributed by atoms with Gasteiger partial charge in [0, 0.05) is 36.1 Å². The van der Waals surface area contributed by atoms with Crippen LogP contribution >= 0.6 is 11.6 Å². The summed E-state index contributed by atoms with van der Waals surface area (Å²) in [5.74, 6) is -0.448. The minimum Gasteiger partial charge on any atom is -0.462 e. The van der Waals surface area contributed by atoms with Crippen LogP contribution in [-0.2, 0) is 18.2 Å².